The molecule has 1 aliphatic heterocycles. The van der Waals surface area contributed by atoms with Crippen LogP contribution in [0, 0.1) is 6.92 Å². The van der Waals surface area contributed by atoms with Crippen molar-refractivity contribution in [3.05, 3.63) is 46.7 Å². The topological polar surface area (TPSA) is 91.2 Å². The monoisotopic (exact) mass is 429 g/mol. The van der Waals surface area contributed by atoms with Crippen molar-refractivity contribution in [2.75, 3.05) is 25.5 Å². The number of anilines is 1. The third-order valence-electron chi connectivity index (χ3n) is 4.62. The number of aromatic nitrogens is 3. The van der Waals surface area contributed by atoms with Crippen LogP contribution >= 0.6 is 11.3 Å². The van der Waals surface area contributed by atoms with Crippen LogP contribution in [0.2, 0.25) is 0 Å². The minimum atomic E-state index is -0.00405. The summed E-state index contributed by atoms with van der Waals surface area (Å²) in [5.74, 6) is 0.489. The molecule has 1 fully saturated rings. The van der Waals surface area contributed by atoms with Crippen LogP contribution in [0.5, 0.6) is 0 Å². The normalized spacial score (nSPS) is 13.7. The minimum Gasteiger partial charge on any atom is -0.400 e. The molecule has 4 heterocycles. The molecule has 1 unspecified atom stereocenters. The molecule has 162 valence electrons. The van der Waals surface area contributed by atoms with Gasteiger partial charge in [0.1, 0.15) is 0 Å². The average molecular weight is 430 g/mol. The Morgan fingerprint density at radius 2 is 1.93 bits per heavy atom. The van der Waals surface area contributed by atoms with E-state index in [0.717, 1.165) is 53.7 Å². The molecular formula is C22H31N5O2S. The van der Waals surface area contributed by atoms with Gasteiger partial charge in [0.15, 0.2) is 5.69 Å². The smallest absolute Gasteiger partial charge is 0.274 e. The third-order valence-corrected chi connectivity index (χ3v) is 5.67. The quantitative estimate of drug-likeness (QED) is 0.637. The second-order valence-corrected chi connectivity index (χ2v) is 7.88. The van der Waals surface area contributed by atoms with Crippen LogP contribution in [0.1, 0.15) is 60.6 Å². The summed E-state index contributed by atoms with van der Waals surface area (Å²) < 4.78 is 0.874. The molecule has 0 radical (unpaired) electrons. The number of fused-ring (bicyclic) bond motifs is 1. The lowest BCUT2D eigenvalue weighted by Crippen LogP contribution is -2.28. The Labute approximate surface area is 182 Å². The summed E-state index contributed by atoms with van der Waals surface area (Å²) in [4.78, 5) is 29.4. The summed E-state index contributed by atoms with van der Waals surface area (Å²) in [6.07, 6.45) is 5.69. The molecule has 7 nitrogen and oxygen atoms in total. The van der Waals surface area contributed by atoms with Gasteiger partial charge in [-0.15, -0.1) is 11.3 Å². The largest absolute Gasteiger partial charge is 0.400 e. The zero-order valence-electron chi connectivity index (χ0n) is 18.3. The highest BCUT2D eigenvalue weighted by Gasteiger charge is 2.25. The van der Waals surface area contributed by atoms with Crippen molar-refractivity contribution in [2.45, 2.75) is 46.6 Å². The third kappa shape index (κ3) is 5.52. The fourth-order valence-electron chi connectivity index (χ4n) is 3.24. The van der Waals surface area contributed by atoms with E-state index in [-0.39, 0.29) is 11.9 Å². The molecule has 8 heteroatoms. The molecule has 2 N–H and O–H groups in total. The van der Waals surface area contributed by atoms with E-state index in [9.17, 15) is 4.79 Å². The molecule has 1 amide bonds. The fourth-order valence-corrected chi connectivity index (χ4v) is 4.17. The number of pyridine rings is 1. The van der Waals surface area contributed by atoms with Gasteiger partial charge in [-0.3, -0.25) is 9.78 Å². The van der Waals surface area contributed by atoms with Crippen LogP contribution in [0.25, 0.3) is 10.2 Å². The average Bonchev–Trinajstić information content (AvgIpc) is 3.45. The molecule has 0 spiro atoms. The first-order valence-electron chi connectivity index (χ1n) is 10.3. The van der Waals surface area contributed by atoms with Gasteiger partial charge in [-0.05, 0) is 44.4 Å². The van der Waals surface area contributed by atoms with Crippen molar-refractivity contribution in [3.63, 3.8) is 0 Å². The van der Waals surface area contributed by atoms with Crippen molar-refractivity contribution in [1.82, 2.24) is 19.9 Å². The van der Waals surface area contributed by atoms with Crippen LogP contribution in [0.3, 0.4) is 0 Å². The predicted octanol–water partition coefficient (Wildman–Crippen LogP) is 4.44. The SMILES string of the molecule is CC.CO.Cc1cc2nc(NC(C)c3cccnc3)nc(C(=O)N3CCCC3)c2s1. The zero-order valence-corrected chi connectivity index (χ0v) is 19.2. The van der Waals surface area contributed by atoms with E-state index in [1.807, 2.05) is 57.0 Å². The molecule has 1 aliphatic rings. The molecule has 3 aromatic heterocycles. The van der Waals surface area contributed by atoms with E-state index in [4.69, 9.17) is 5.11 Å². The van der Waals surface area contributed by atoms with E-state index in [1.165, 1.54) is 0 Å². The number of aliphatic hydroxyl groups is 1. The second kappa shape index (κ2) is 11.6. The van der Waals surface area contributed by atoms with Crippen LogP contribution in [0.4, 0.5) is 5.95 Å². The summed E-state index contributed by atoms with van der Waals surface area (Å²) in [7, 11) is 1.00. The maximum atomic E-state index is 13.0. The number of carbonyl (C=O) groups is 1. The maximum absolute atomic E-state index is 13.0. The van der Waals surface area contributed by atoms with Gasteiger partial charge in [-0.2, -0.15) is 0 Å². The Bertz CT molecular complexity index is 939. The first kappa shape index (κ1) is 23.7. The second-order valence-electron chi connectivity index (χ2n) is 6.62. The van der Waals surface area contributed by atoms with Crippen LogP contribution < -0.4 is 5.32 Å². The number of aryl methyl sites for hydroxylation is 1. The number of thiophene rings is 1. The Morgan fingerprint density at radius 3 is 2.57 bits per heavy atom. The number of likely N-dealkylation sites (tertiary alicyclic amines) is 1. The van der Waals surface area contributed by atoms with Gasteiger partial charge in [0.25, 0.3) is 5.91 Å². The summed E-state index contributed by atoms with van der Waals surface area (Å²) >= 11 is 1.58. The summed E-state index contributed by atoms with van der Waals surface area (Å²) in [6, 6.07) is 5.93. The van der Waals surface area contributed by atoms with Gasteiger partial charge >= 0.3 is 0 Å². The van der Waals surface area contributed by atoms with Gasteiger partial charge in [0, 0.05) is 37.5 Å². The highest BCUT2D eigenvalue weighted by molar-refractivity contribution is 7.19. The van der Waals surface area contributed by atoms with Crippen LogP contribution in [0.15, 0.2) is 30.6 Å². The van der Waals surface area contributed by atoms with Crippen molar-refractivity contribution in [2.24, 2.45) is 0 Å². The molecule has 1 atom stereocenters. The molecule has 0 bridgehead atoms. The van der Waals surface area contributed by atoms with Crippen molar-refractivity contribution >= 4 is 33.4 Å². The number of aliphatic hydroxyl groups excluding tert-OH is 1. The highest BCUT2D eigenvalue weighted by Crippen LogP contribution is 2.29. The molecule has 3 aromatic rings. The van der Waals surface area contributed by atoms with E-state index >= 15 is 0 Å². The summed E-state index contributed by atoms with van der Waals surface area (Å²) in [6.45, 7) is 9.68. The Balaban J connectivity index is 0.000000757. The standard InChI is InChI=1S/C19H21N5OS.C2H6.CH4O/c1-12-10-15-17(26-12)16(18(25)24-8-3-4-9-24)23-19(22-15)21-13(2)14-6-5-7-20-11-14;2*1-2/h5-7,10-11,13H,3-4,8-9H2,1-2H3,(H,21,22,23);1-2H3;2H,1H3. The number of hydrogen-bond acceptors (Lipinski definition) is 7. The number of rotatable bonds is 4. The molecule has 1 saturated heterocycles. The lowest BCUT2D eigenvalue weighted by atomic mass is 10.1. The Hall–Kier alpha value is -2.58. The summed E-state index contributed by atoms with van der Waals surface area (Å²) in [5, 5.41) is 10.3. The highest BCUT2D eigenvalue weighted by atomic mass is 32.1. The van der Waals surface area contributed by atoms with E-state index in [2.05, 4.69) is 20.3 Å². The van der Waals surface area contributed by atoms with Gasteiger partial charge in [0.05, 0.1) is 16.3 Å². The van der Waals surface area contributed by atoms with Crippen LogP contribution in [-0.2, 0) is 0 Å². The Morgan fingerprint density at radius 1 is 1.23 bits per heavy atom. The first-order valence-corrected chi connectivity index (χ1v) is 11.1. The number of hydrogen-bond donors (Lipinski definition) is 2. The van der Waals surface area contributed by atoms with E-state index in [1.54, 1.807) is 17.5 Å². The molecule has 0 saturated carbocycles. The number of nitrogens with one attached hydrogen (secondary N) is 1. The minimum absolute atomic E-state index is 0.00405. The lowest BCUT2D eigenvalue weighted by molar-refractivity contribution is 0.0789. The molecule has 4 rings (SSSR count). The van der Waals surface area contributed by atoms with Crippen LogP contribution in [-0.4, -0.2) is 51.1 Å². The van der Waals surface area contributed by atoms with Gasteiger partial charge < -0.3 is 15.3 Å². The number of amides is 1. The van der Waals surface area contributed by atoms with E-state index < -0.39 is 0 Å². The van der Waals surface area contributed by atoms with Gasteiger partial charge in [-0.1, -0.05) is 19.9 Å². The number of carbonyl (C=O) groups excluding carboxylic acids is 1. The van der Waals surface area contributed by atoms with Gasteiger partial charge in [0.2, 0.25) is 5.95 Å². The molecule has 0 aromatic carbocycles. The number of nitrogens with zero attached hydrogens (tertiary/aromatic N) is 4. The van der Waals surface area contributed by atoms with E-state index in [0.29, 0.717) is 11.6 Å². The molecule has 0 aliphatic carbocycles. The fraction of sp³-hybridized carbons (Fsp3) is 0.455. The molecular weight excluding hydrogens is 398 g/mol. The first-order chi connectivity index (χ1) is 14.6. The van der Waals surface area contributed by atoms with Crippen molar-refractivity contribution in [3.8, 4) is 0 Å². The van der Waals surface area contributed by atoms with Gasteiger partial charge in [-0.25, -0.2) is 9.97 Å². The predicted molar refractivity (Wildman–Crippen MR) is 123 cm³/mol. The maximum Gasteiger partial charge on any atom is 0.274 e. The summed E-state index contributed by atoms with van der Waals surface area (Å²) in [5.41, 5.74) is 2.38. The lowest BCUT2D eigenvalue weighted by Gasteiger charge is -2.17. The molecule has 30 heavy (non-hydrogen) atoms. The van der Waals surface area contributed by atoms with Crippen molar-refractivity contribution in [1.29, 1.82) is 0 Å². The Kier molecular flexibility index (Phi) is 9.14. The zero-order chi connectivity index (χ0) is 22.1. The van der Waals surface area contributed by atoms with Crippen molar-refractivity contribution < 1.29 is 9.90 Å².